The Labute approximate surface area is 94.7 Å². The minimum Gasteiger partial charge on any atom is -0.463 e. The molecule has 0 aromatic carbocycles. The first-order chi connectivity index (χ1) is 7.86. The number of nitrogens with one attached hydrogen (secondary N) is 1. The SMILES string of the molecule is CCCc1c(NC)ncnc1-c1ccco1. The van der Waals surface area contributed by atoms with E-state index in [9.17, 15) is 0 Å². The van der Waals surface area contributed by atoms with Crippen molar-refractivity contribution in [1.29, 1.82) is 0 Å². The molecule has 2 aromatic rings. The van der Waals surface area contributed by atoms with Gasteiger partial charge in [0.05, 0.1) is 6.26 Å². The summed E-state index contributed by atoms with van der Waals surface area (Å²) >= 11 is 0. The lowest BCUT2D eigenvalue weighted by molar-refractivity contribution is 0.578. The van der Waals surface area contributed by atoms with Gasteiger partial charge in [-0.15, -0.1) is 0 Å². The molecule has 0 unspecified atom stereocenters. The van der Waals surface area contributed by atoms with Gasteiger partial charge in [0.1, 0.15) is 17.8 Å². The number of rotatable bonds is 4. The van der Waals surface area contributed by atoms with E-state index in [-0.39, 0.29) is 0 Å². The van der Waals surface area contributed by atoms with Crippen molar-refractivity contribution >= 4 is 5.82 Å². The van der Waals surface area contributed by atoms with Crippen LogP contribution >= 0.6 is 0 Å². The fourth-order valence-electron chi connectivity index (χ4n) is 1.74. The van der Waals surface area contributed by atoms with Crippen LogP contribution in [0.15, 0.2) is 29.1 Å². The Balaban J connectivity index is 2.51. The standard InChI is InChI=1S/C12H15N3O/c1-3-5-9-11(10-6-4-7-16-10)14-8-15-12(9)13-2/h4,6-8H,3,5H2,1-2H3,(H,13,14,15). The maximum atomic E-state index is 5.39. The van der Waals surface area contributed by atoms with E-state index in [0.717, 1.165) is 35.7 Å². The Morgan fingerprint density at radius 3 is 2.88 bits per heavy atom. The largest absolute Gasteiger partial charge is 0.463 e. The molecule has 0 spiro atoms. The molecule has 16 heavy (non-hydrogen) atoms. The topological polar surface area (TPSA) is 51.0 Å². The molecule has 2 rings (SSSR count). The van der Waals surface area contributed by atoms with E-state index in [1.165, 1.54) is 0 Å². The van der Waals surface area contributed by atoms with Gasteiger partial charge >= 0.3 is 0 Å². The second-order valence-electron chi connectivity index (χ2n) is 3.53. The van der Waals surface area contributed by atoms with Crippen LogP contribution in [0.3, 0.4) is 0 Å². The predicted octanol–water partition coefficient (Wildman–Crippen LogP) is 2.73. The van der Waals surface area contributed by atoms with E-state index in [0.29, 0.717) is 0 Å². The lowest BCUT2D eigenvalue weighted by Gasteiger charge is -2.09. The summed E-state index contributed by atoms with van der Waals surface area (Å²) in [6.07, 6.45) is 5.21. The summed E-state index contributed by atoms with van der Waals surface area (Å²) in [6, 6.07) is 3.78. The molecule has 2 heterocycles. The van der Waals surface area contributed by atoms with Crippen molar-refractivity contribution in [3.63, 3.8) is 0 Å². The van der Waals surface area contributed by atoms with Crippen LogP contribution in [-0.4, -0.2) is 17.0 Å². The Morgan fingerprint density at radius 1 is 1.38 bits per heavy atom. The van der Waals surface area contributed by atoms with Gasteiger partial charge in [-0.05, 0) is 18.6 Å². The number of anilines is 1. The van der Waals surface area contributed by atoms with Crippen molar-refractivity contribution in [1.82, 2.24) is 9.97 Å². The van der Waals surface area contributed by atoms with Crippen LogP contribution in [0.4, 0.5) is 5.82 Å². The van der Waals surface area contributed by atoms with Gasteiger partial charge in [0.2, 0.25) is 0 Å². The van der Waals surface area contributed by atoms with Crippen molar-refractivity contribution in [2.24, 2.45) is 0 Å². The molecule has 4 heteroatoms. The van der Waals surface area contributed by atoms with Crippen molar-refractivity contribution in [2.75, 3.05) is 12.4 Å². The average Bonchev–Trinajstić information content (AvgIpc) is 2.83. The second kappa shape index (κ2) is 4.79. The molecule has 0 atom stereocenters. The van der Waals surface area contributed by atoms with Crippen molar-refractivity contribution < 1.29 is 4.42 Å². The highest BCUT2D eigenvalue weighted by molar-refractivity contribution is 5.64. The zero-order valence-corrected chi connectivity index (χ0v) is 9.53. The summed E-state index contributed by atoms with van der Waals surface area (Å²) in [6.45, 7) is 2.14. The van der Waals surface area contributed by atoms with Gasteiger partial charge in [-0.1, -0.05) is 13.3 Å². The molecule has 0 aliphatic rings. The minimum atomic E-state index is 0.794. The number of nitrogens with zero attached hydrogens (tertiary/aromatic N) is 2. The molecule has 0 saturated heterocycles. The third-order valence-electron chi connectivity index (χ3n) is 2.44. The van der Waals surface area contributed by atoms with Gasteiger partial charge in [-0.3, -0.25) is 0 Å². The van der Waals surface area contributed by atoms with Gasteiger partial charge in [0.15, 0.2) is 5.76 Å². The monoisotopic (exact) mass is 217 g/mol. The quantitative estimate of drug-likeness (QED) is 0.855. The molecule has 0 amide bonds. The Bertz CT molecular complexity index is 451. The molecule has 0 bridgehead atoms. The number of hydrogen-bond acceptors (Lipinski definition) is 4. The van der Waals surface area contributed by atoms with Crippen LogP contribution in [0.5, 0.6) is 0 Å². The van der Waals surface area contributed by atoms with Crippen LogP contribution in [0.25, 0.3) is 11.5 Å². The zero-order chi connectivity index (χ0) is 11.4. The Morgan fingerprint density at radius 2 is 2.25 bits per heavy atom. The van der Waals surface area contributed by atoms with Crippen LogP contribution < -0.4 is 5.32 Å². The summed E-state index contributed by atoms with van der Waals surface area (Å²) in [7, 11) is 1.87. The van der Waals surface area contributed by atoms with Crippen LogP contribution in [0.1, 0.15) is 18.9 Å². The van der Waals surface area contributed by atoms with Crippen molar-refractivity contribution in [3.05, 3.63) is 30.3 Å². The highest BCUT2D eigenvalue weighted by atomic mass is 16.3. The second-order valence-corrected chi connectivity index (χ2v) is 3.53. The summed E-state index contributed by atoms with van der Waals surface area (Å²) in [4.78, 5) is 8.53. The summed E-state index contributed by atoms with van der Waals surface area (Å²) in [5.74, 6) is 1.67. The lowest BCUT2D eigenvalue weighted by Crippen LogP contribution is -2.02. The first kappa shape index (κ1) is 10.7. The van der Waals surface area contributed by atoms with E-state index >= 15 is 0 Å². The third kappa shape index (κ3) is 1.91. The van der Waals surface area contributed by atoms with Crippen molar-refractivity contribution in [2.45, 2.75) is 19.8 Å². The molecule has 2 aromatic heterocycles. The molecular weight excluding hydrogens is 202 g/mol. The smallest absolute Gasteiger partial charge is 0.152 e. The van der Waals surface area contributed by atoms with Crippen LogP contribution in [0, 0.1) is 0 Å². The van der Waals surface area contributed by atoms with Gasteiger partial charge in [-0.2, -0.15) is 0 Å². The summed E-state index contributed by atoms with van der Waals surface area (Å²) in [5, 5.41) is 3.09. The zero-order valence-electron chi connectivity index (χ0n) is 9.53. The highest BCUT2D eigenvalue weighted by Gasteiger charge is 2.13. The molecule has 0 aliphatic heterocycles. The van der Waals surface area contributed by atoms with E-state index < -0.39 is 0 Å². The Kier molecular flexibility index (Phi) is 3.19. The average molecular weight is 217 g/mol. The van der Waals surface area contributed by atoms with E-state index in [4.69, 9.17) is 4.42 Å². The van der Waals surface area contributed by atoms with Gasteiger partial charge in [0, 0.05) is 12.6 Å². The maximum absolute atomic E-state index is 5.39. The van der Waals surface area contributed by atoms with E-state index in [1.807, 2.05) is 19.2 Å². The molecule has 0 aliphatic carbocycles. The van der Waals surface area contributed by atoms with E-state index in [2.05, 4.69) is 22.2 Å². The first-order valence-electron chi connectivity index (χ1n) is 5.42. The lowest BCUT2D eigenvalue weighted by atomic mass is 10.1. The molecule has 4 nitrogen and oxygen atoms in total. The number of hydrogen-bond donors (Lipinski definition) is 1. The van der Waals surface area contributed by atoms with E-state index in [1.54, 1.807) is 12.6 Å². The van der Waals surface area contributed by atoms with Gasteiger partial charge in [-0.25, -0.2) is 9.97 Å². The summed E-state index contributed by atoms with van der Waals surface area (Å²) < 4.78 is 5.39. The maximum Gasteiger partial charge on any atom is 0.152 e. The van der Waals surface area contributed by atoms with Crippen LogP contribution in [0.2, 0.25) is 0 Å². The third-order valence-corrected chi connectivity index (χ3v) is 2.44. The van der Waals surface area contributed by atoms with Gasteiger partial charge in [0.25, 0.3) is 0 Å². The Hall–Kier alpha value is -1.84. The minimum absolute atomic E-state index is 0.794. The first-order valence-corrected chi connectivity index (χ1v) is 5.42. The van der Waals surface area contributed by atoms with Crippen LogP contribution in [-0.2, 0) is 6.42 Å². The predicted molar refractivity (Wildman–Crippen MR) is 63.3 cm³/mol. The van der Waals surface area contributed by atoms with Crippen molar-refractivity contribution in [3.8, 4) is 11.5 Å². The molecule has 0 saturated carbocycles. The fraction of sp³-hybridized carbons (Fsp3) is 0.333. The number of furan rings is 1. The molecular formula is C12H15N3O. The molecule has 1 N–H and O–H groups in total. The molecule has 84 valence electrons. The fourth-order valence-corrected chi connectivity index (χ4v) is 1.74. The highest BCUT2D eigenvalue weighted by Crippen LogP contribution is 2.26. The summed E-state index contributed by atoms with van der Waals surface area (Å²) in [5.41, 5.74) is 1.99. The number of aromatic nitrogens is 2. The van der Waals surface area contributed by atoms with Gasteiger partial charge < -0.3 is 9.73 Å². The molecule has 0 fully saturated rings. The normalized spacial score (nSPS) is 10.4. The molecule has 0 radical (unpaired) electrons.